The summed E-state index contributed by atoms with van der Waals surface area (Å²) in [6.07, 6.45) is 2.42. The highest BCUT2D eigenvalue weighted by atomic mass is 15.3. The van der Waals surface area contributed by atoms with E-state index in [4.69, 9.17) is 0 Å². The second-order valence-corrected chi connectivity index (χ2v) is 6.51. The molecule has 0 saturated carbocycles. The molecule has 1 aliphatic heterocycles. The van der Waals surface area contributed by atoms with Crippen molar-refractivity contribution in [3.63, 3.8) is 0 Å². The van der Waals surface area contributed by atoms with E-state index in [0.29, 0.717) is 5.54 Å². The minimum atomic E-state index is 0.211. The van der Waals surface area contributed by atoms with E-state index in [1.54, 1.807) is 0 Å². The van der Waals surface area contributed by atoms with Crippen molar-refractivity contribution >= 4 is 0 Å². The molecule has 106 valence electrons. The van der Waals surface area contributed by atoms with E-state index in [-0.39, 0.29) is 5.54 Å². The zero-order chi connectivity index (χ0) is 13.9. The average molecular weight is 260 g/mol. The summed E-state index contributed by atoms with van der Waals surface area (Å²) in [6.45, 7) is 12.5. The van der Waals surface area contributed by atoms with Gasteiger partial charge >= 0.3 is 0 Å². The number of hydrogen-bond acceptors (Lipinski definition) is 2. The van der Waals surface area contributed by atoms with E-state index in [9.17, 15) is 0 Å². The third kappa shape index (κ3) is 3.18. The van der Waals surface area contributed by atoms with Gasteiger partial charge in [0.2, 0.25) is 0 Å². The molecule has 0 amide bonds. The molecule has 1 saturated heterocycles. The Hall–Kier alpha value is -0.860. The Kier molecular flexibility index (Phi) is 4.32. The minimum absolute atomic E-state index is 0.211. The van der Waals surface area contributed by atoms with E-state index in [1.807, 2.05) is 0 Å². The first-order valence-electron chi connectivity index (χ1n) is 7.55. The zero-order valence-corrected chi connectivity index (χ0v) is 12.9. The average Bonchev–Trinajstić information content (AvgIpc) is 2.40. The highest BCUT2D eigenvalue weighted by molar-refractivity contribution is 5.16. The summed E-state index contributed by atoms with van der Waals surface area (Å²) in [7, 11) is 0. The molecule has 2 rings (SSSR count). The second-order valence-electron chi connectivity index (χ2n) is 6.51. The molecule has 2 heteroatoms. The Morgan fingerprint density at radius 3 is 2.32 bits per heavy atom. The summed E-state index contributed by atoms with van der Waals surface area (Å²) in [4.78, 5) is 2.69. The summed E-state index contributed by atoms with van der Waals surface area (Å²) >= 11 is 0. The van der Waals surface area contributed by atoms with Gasteiger partial charge in [0.05, 0.1) is 0 Å². The van der Waals surface area contributed by atoms with Crippen molar-refractivity contribution < 1.29 is 0 Å². The molecule has 2 nitrogen and oxygen atoms in total. The van der Waals surface area contributed by atoms with Gasteiger partial charge in [-0.3, -0.25) is 4.90 Å². The standard InChI is InChI=1S/C17H28N2/c1-5-17(6-2)13-18-16(3,4)14-19(17)12-15-10-8-7-9-11-15/h7-11,18H,5-6,12-14H2,1-4H3. The quantitative estimate of drug-likeness (QED) is 0.892. The van der Waals surface area contributed by atoms with Gasteiger partial charge in [-0.05, 0) is 32.3 Å². The lowest BCUT2D eigenvalue weighted by atomic mass is 9.84. The van der Waals surface area contributed by atoms with Gasteiger partial charge in [0.1, 0.15) is 0 Å². The van der Waals surface area contributed by atoms with Crippen LogP contribution in [-0.2, 0) is 6.54 Å². The molecule has 0 radical (unpaired) electrons. The van der Waals surface area contributed by atoms with Gasteiger partial charge in [0.25, 0.3) is 0 Å². The Morgan fingerprint density at radius 2 is 1.74 bits per heavy atom. The Labute approximate surface area is 118 Å². The van der Waals surface area contributed by atoms with Crippen molar-refractivity contribution in [2.75, 3.05) is 13.1 Å². The second kappa shape index (κ2) is 5.64. The molecule has 19 heavy (non-hydrogen) atoms. The van der Waals surface area contributed by atoms with E-state index < -0.39 is 0 Å². The molecule has 0 bridgehead atoms. The molecule has 1 aliphatic rings. The van der Waals surface area contributed by atoms with Gasteiger partial charge in [-0.1, -0.05) is 44.2 Å². The fourth-order valence-electron chi connectivity index (χ4n) is 3.19. The van der Waals surface area contributed by atoms with Gasteiger partial charge in [-0.15, -0.1) is 0 Å². The fraction of sp³-hybridized carbons (Fsp3) is 0.647. The van der Waals surface area contributed by atoms with Crippen LogP contribution in [0.1, 0.15) is 46.1 Å². The maximum absolute atomic E-state index is 3.73. The van der Waals surface area contributed by atoms with Crippen LogP contribution >= 0.6 is 0 Å². The van der Waals surface area contributed by atoms with Crippen LogP contribution in [0.3, 0.4) is 0 Å². The fourth-order valence-corrected chi connectivity index (χ4v) is 3.19. The first-order chi connectivity index (χ1) is 9.01. The highest BCUT2D eigenvalue weighted by Crippen LogP contribution is 2.31. The topological polar surface area (TPSA) is 15.3 Å². The number of rotatable bonds is 4. The lowest BCUT2D eigenvalue weighted by molar-refractivity contribution is 0.00234. The van der Waals surface area contributed by atoms with Gasteiger partial charge in [-0.2, -0.15) is 0 Å². The van der Waals surface area contributed by atoms with Crippen molar-refractivity contribution in [3.8, 4) is 0 Å². The largest absolute Gasteiger partial charge is 0.309 e. The lowest BCUT2D eigenvalue weighted by Gasteiger charge is -2.52. The number of nitrogens with one attached hydrogen (secondary N) is 1. The Bertz CT molecular complexity index is 393. The van der Waals surface area contributed by atoms with E-state index >= 15 is 0 Å². The number of piperazine rings is 1. The SMILES string of the molecule is CCC1(CC)CNC(C)(C)CN1Cc1ccccc1. The third-order valence-electron chi connectivity index (χ3n) is 4.69. The van der Waals surface area contributed by atoms with Crippen molar-refractivity contribution in [2.24, 2.45) is 0 Å². The molecule has 0 aliphatic carbocycles. The first kappa shape index (κ1) is 14.5. The van der Waals surface area contributed by atoms with Crippen LogP contribution in [-0.4, -0.2) is 29.1 Å². The van der Waals surface area contributed by atoms with Gasteiger partial charge in [0, 0.05) is 30.7 Å². The summed E-state index contributed by atoms with van der Waals surface area (Å²) < 4.78 is 0. The van der Waals surface area contributed by atoms with Crippen LogP contribution in [0.15, 0.2) is 30.3 Å². The number of benzene rings is 1. The van der Waals surface area contributed by atoms with Crippen molar-refractivity contribution in [1.29, 1.82) is 0 Å². The van der Waals surface area contributed by atoms with Crippen LogP contribution in [0.4, 0.5) is 0 Å². The van der Waals surface area contributed by atoms with Crippen LogP contribution in [0.25, 0.3) is 0 Å². The first-order valence-corrected chi connectivity index (χ1v) is 7.55. The molecule has 1 heterocycles. The van der Waals surface area contributed by atoms with Crippen LogP contribution in [0.2, 0.25) is 0 Å². The Morgan fingerprint density at radius 1 is 1.11 bits per heavy atom. The number of hydrogen-bond donors (Lipinski definition) is 1. The molecule has 1 aromatic rings. The molecule has 0 spiro atoms. The monoisotopic (exact) mass is 260 g/mol. The molecule has 1 aromatic carbocycles. The van der Waals surface area contributed by atoms with Gasteiger partial charge in [-0.25, -0.2) is 0 Å². The third-order valence-corrected chi connectivity index (χ3v) is 4.69. The molecule has 0 atom stereocenters. The summed E-state index contributed by atoms with van der Waals surface area (Å²) in [5.41, 5.74) is 1.94. The lowest BCUT2D eigenvalue weighted by Crippen LogP contribution is -2.67. The van der Waals surface area contributed by atoms with Crippen molar-refractivity contribution in [2.45, 2.75) is 58.2 Å². The predicted octanol–water partition coefficient (Wildman–Crippen LogP) is 3.43. The predicted molar refractivity (Wildman–Crippen MR) is 82.2 cm³/mol. The maximum atomic E-state index is 3.73. The van der Waals surface area contributed by atoms with E-state index in [2.05, 4.69) is 68.2 Å². The summed E-state index contributed by atoms with van der Waals surface area (Å²) in [5.74, 6) is 0. The molecule has 0 aromatic heterocycles. The highest BCUT2D eigenvalue weighted by Gasteiger charge is 2.41. The van der Waals surface area contributed by atoms with Crippen LogP contribution in [0.5, 0.6) is 0 Å². The molecular weight excluding hydrogens is 232 g/mol. The van der Waals surface area contributed by atoms with Crippen LogP contribution in [0, 0.1) is 0 Å². The maximum Gasteiger partial charge on any atom is 0.0333 e. The van der Waals surface area contributed by atoms with Crippen molar-refractivity contribution in [1.82, 2.24) is 10.2 Å². The summed E-state index contributed by atoms with van der Waals surface area (Å²) in [6, 6.07) is 10.9. The van der Waals surface area contributed by atoms with E-state index in [1.165, 1.54) is 18.4 Å². The molecule has 1 N–H and O–H groups in total. The minimum Gasteiger partial charge on any atom is -0.309 e. The van der Waals surface area contributed by atoms with Crippen LogP contribution < -0.4 is 5.32 Å². The van der Waals surface area contributed by atoms with Crippen molar-refractivity contribution in [3.05, 3.63) is 35.9 Å². The van der Waals surface area contributed by atoms with E-state index in [0.717, 1.165) is 19.6 Å². The number of nitrogens with zero attached hydrogens (tertiary/aromatic N) is 1. The molecule has 0 unspecified atom stereocenters. The van der Waals surface area contributed by atoms with Gasteiger partial charge in [0.15, 0.2) is 0 Å². The zero-order valence-electron chi connectivity index (χ0n) is 12.9. The molecular formula is C17H28N2. The Balaban J connectivity index is 2.21. The summed E-state index contributed by atoms with van der Waals surface area (Å²) in [5, 5.41) is 3.73. The van der Waals surface area contributed by atoms with Gasteiger partial charge < -0.3 is 5.32 Å². The normalized spacial score (nSPS) is 22.3. The smallest absolute Gasteiger partial charge is 0.0333 e. The molecule has 1 fully saturated rings.